The molecule has 0 bridgehead atoms. The number of carbonyl (C=O) groups is 1. The van der Waals surface area contributed by atoms with Crippen molar-refractivity contribution in [2.24, 2.45) is 5.92 Å². The molecule has 9 heteroatoms. The van der Waals surface area contributed by atoms with Crippen LogP contribution in [0.15, 0.2) is 53.5 Å². The molecule has 2 aliphatic carbocycles. The van der Waals surface area contributed by atoms with Gasteiger partial charge in [-0.1, -0.05) is 24.3 Å². The van der Waals surface area contributed by atoms with Crippen LogP contribution in [0.5, 0.6) is 5.75 Å². The predicted octanol–water partition coefficient (Wildman–Crippen LogP) is 2.83. The van der Waals surface area contributed by atoms with E-state index in [4.69, 9.17) is 0 Å². The Hall–Kier alpha value is -3.75. The summed E-state index contributed by atoms with van der Waals surface area (Å²) in [6.45, 7) is -1.19. The second-order valence-corrected chi connectivity index (χ2v) is 8.92. The maximum atomic E-state index is 15.0. The van der Waals surface area contributed by atoms with Gasteiger partial charge in [0.25, 0.3) is 5.91 Å². The number of nitrogens with zero attached hydrogens (tertiary/aromatic N) is 3. The summed E-state index contributed by atoms with van der Waals surface area (Å²) in [6, 6.07) is 10.7. The first-order chi connectivity index (χ1) is 16.4. The lowest BCUT2D eigenvalue weighted by molar-refractivity contribution is 0.0634. The van der Waals surface area contributed by atoms with Gasteiger partial charge in [-0.25, -0.2) is 13.2 Å². The number of halogens is 3. The van der Waals surface area contributed by atoms with Gasteiger partial charge in [0.2, 0.25) is 5.43 Å². The fourth-order valence-electron chi connectivity index (χ4n) is 6.10. The van der Waals surface area contributed by atoms with E-state index >= 15 is 0 Å². The minimum Gasteiger partial charge on any atom is -0.502 e. The molecule has 0 radical (unpaired) electrons. The largest absolute Gasteiger partial charge is 0.502 e. The number of hydrogen-bond donors (Lipinski definition) is 1. The van der Waals surface area contributed by atoms with Crippen LogP contribution in [0.3, 0.4) is 0 Å². The molecule has 2 heterocycles. The van der Waals surface area contributed by atoms with Crippen molar-refractivity contribution < 1.29 is 23.1 Å². The van der Waals surface area contributed by atoms with E-state index in [2.05, 4.69) is 0 Å². The number of hydrogen-bond acceptors (Lipinski definition) is 4. The molecule has 174 valence electrons. The van der Waals surface area contributed by atoms with Crippen molar-refractivity contribution in [2.45, 2.75) is 18.4 Å². The molecule has 0 saturated heterocycles. The number of amides is 1. The summed E-state index contributed by atoms with van der Waals surface area (Å²) in [4.78, 5) is 26.5. The molecule has 0 unspecified atom stereocenters. The zero-order valence-corrected chi connectivity index (χ0v) is 18.0. The minimum absolute atomic E-state index is 0.0968. The van der Waals surface area contributed by atoms with Crippen LogP contribution in [0.4, 0.5) is 13.2 Å². The summed E-state index contributed by atoms with van der Waals surface area (Å²) in [5.41, 5.74) is 0.120. The second-order valence-electron chi connectivity index (χ2n) is 8.92. The normalized spacial score (nSPS) is 22.4. The van der Waals surface area contributed by atoms with Gasteiger partial charge < -0.3 is 10.0 Å². The fourth-order valence-corrected chi connectivity index (χ4v) is 6.10. The molecule has 6 rings (SSSR count). The van der Waals surface area contributed by atoms with Crippen molar-refractivity contribution in [2.75, 3.05) is 24.9 Å². The Morgan fingerprint density at radius 1 is 0.971 bits per heavy atom. The molecule has 3 aliphatic rings. The number of pyridine rings is 1. The Kier molecular flexibility index (Phi) is 4.36. The molecule has 1 aliphatic heterocycles. The van der Waals surface area contributed by atoms with Crippen LogP contribution in [0, 0.1) is 17.6 Å². The number of aromatic nitrogens is 1. The van der Waals surface area contributed by atoms with Crippen LogP contribution in [0.1, 0.15) is 32.7 Å². The predicted molar refractivity (Wildman–Crippen MR) is 117 cm³/mol. The van der Waals surface area contributed by atoms with Gasteiger partial charge in [0.1, 0.15) is 30.5 Å². The molecule has 0 saturated carbocycles. The molecular formula is C25H20F3N3O3. The van der Waals surface area contributed by atoms with E-state index in [1.807, 2.05) is 0 Å². The van der Waals surface area contributed by atoms with Crippen molar-refractivity contribution >= 4 is 5.91 Å². The average Bonchev–Trinajstić information content (AvgIpc) is 3.32. The van der Waals surface area contributed by atoms with Crippen LogP contribution in [-0.2, 0) is 18.4 Å². The molecule has 6 nitrogen and oxygen atoms in total. The Balaban J connectivity index is 1.70. The molecule has 1 amide bonds. The van der Waals surface area contributed by atoms with Crippen LogP contribution in [-0.4, -0.2) is 40.5 Å². The number of rotatable bonds is 3. The first kappa shape index (κ1) is 20.8. The van der Waals surface area contributed by atoms with Crippen molar-refractivity contribution in [1.82, 2.24) is 9.58 Å². The number of aromatic hydroxyl groups is 1. The molecule has 1 aromatic heterocycles. The summed E-state index contributed by atoms with van der Waals surface area (Å²) in [5.74, 6) is -2.47. The molecule has 0 fully saturated rings. The Labute approximate surface area is 192 Å². The summed E-state index contributed by atoms with van der Waals surface area (Å²) in [6.07, 6.45) is 2.05. The highest BCUT2D eigenvalue weighted by Gasteiger charge is 2.59. The minimum atomic E-state index is -1.10. The lowest BCUT2D eigenvalue weighted by atomic mass is 9.81. The number of benzene rings is 2. The van der Waals surface area contributed by atoms with E-state index in [1.165, 1.54) is 27.9 Å². The van der Waals surface area contributed by atoms with Gasteiger partial charge in [-0.05, 0) is 47.2 Å². The molecule has 2 aromatic carbocycles. The van der Waals surface area contributed by atoms with Crippen molar-refractivity contribution in [3.05, 3.63) is 98.5 Å². The average molecular weight is 467 g/mol. The zero-order chi connectivity index (χ0) is 23.8. The van der Waals surface area contributed by atoms with Gasteiger partial charge >= 0.3 is 0 Å². The third-order valence-corrected chi connectivity index (χ3v) is 7.42. The van der Waals surface area contributed by atoms with Crippen LogP contribution < -0.4 is 10.4 Å². The molecule has 3 aromatic rings. The number of carbonyl (C=O) groups excluding carboxylic acids is 1. The first-order valence-corrected chi connectivity index (χ1v) is 11.0. The van der Waals surface area contributed by atoms with Gasteiger partial charge in [-0.3, -0.25) is 19.3 Å². The third-order valence-electron chi connectivity index (χ3n) is 7.42. The molecule has 1 N–H and O–H groups in total. The maximum Gasteiger partial charge on any atom is 0.277 e. The standard InChI is InChI=1S/C25H20F3N3O3/c26-8-10-29-13-31(30-9-7-21(32)23(33)22(30)24(29)34)25-14(11-15-17(25)3-1-5-19(15)27)12-16-18(25)4-2-6-20(16)28/h1-7,9,14,33H,8,10-13H2. The maximum absolute atomic E-state index is 15.0. The number of alkyl halides is 1. The molecule has 34 heavy (non-hydrogen) atoms. The highest BCUT2D eigenvalue weighted by molar-refractivity contribution is 5.96. The van der Waals surface area contributed by atoms with E-state index in [-0.39, 0.29) is 36.5 Å². The SMILES string of the molecule is O=C1c2c(O)c(=O)ccn2N(C23c4cccc(F)c4CC2Cc2c(F)cccc23)CN1CCF. The highest BCUT2D eigenvalue weighted by Crippen LogP contribution is 2.57. The number of fused-ring (bicyclic) bond motifs is 6. The van der Waals surface area contributed by atoms with Crippen molar-refractivity contribution in [3.8, 4) is 5.75 Å². The van der Waals surface area contributed by atoms with Gasteiger partial charge in [-0.2, -0.15) is 0 Å². The van der Waals surface area contributed by atoms with E-state index in [0.29, 0.717) is 35.1 Å². The quantitative estimate of drug-likeness (QED) is 0.644. The Bertz CT molecular complexity index is 1360. The summed E-state index contributed by atoms with van der Waals surface area (Å²) < 4.78 is 44.7. The topological polar surface area (TPSA) is 65.8 Å². The zero-order valence-electron chi connectivity index (χ0n) is 18.0. The third kappa shape index (κ3) is 2.47. The van der Waals surface area contributed by atoms with Gasteiger partial charge in [0, 0.05) is 18.2 Å². The fraction of sp³-hybridized carbons (Fsp3) is 0.280. The van der Waals surface area contributed by atoms with Gasteiger partial charge in [0.05, 0.1) is 6.54 Å². The van der Waals surface area contributed by atoms with Gasteiger partial charge in [-0.15, -0.1) is 0 Å². The highest BCUT2D eigenvalue weighted by atomic mass is 19.1. The summed E-state index contributed by atoms with van der Waals surface area (Å²) in [7, 11) is 0. The van der Waals surface area contributed by atoms with Crippen molar-refractivity contribution in [3.63, 3.8) is 0 Å². The van der Waals surface area contributed by atoms with E-state index in [1.54, 1.807) is 29.3 Å². The first-order valence-electron chi connectivity index (χ1n) is 11.0. The Morgan fingerprint density at radius 2 is 1.59 bits per heavy atom. The molecule has 0 spiro atoms. The molecular weight excluding hydrogens is 447 g/mol. The summed E-state index contributed by atoms with van der Waals surface area (Å²) >= 11 is 0. The van der Waals surface area contributed by atoms with Crippen LogP contribution in [0.25, 0.3) is 0 Å². The second kappa shape index (κ2) is 7.12. The Morgan fingerprint density at radius 3 is 2.18 bits per heavy atom. The van der Waals surface area contributed by atoms with E-state index in [0.717, 1.165) is 6.07 Å². The lowest BCUT2D eigenvalue weighted by Crippen LogP contribution is -2.63. The molecule has 0 atom stereocenters. The lowest BCUT2D eigenvalue weighted by Gasteiger charge is -2.50. The van der Waals surface area contributed by atoms with E-state index in [9.17, 15) is 27.9 Å². The van der Waals surface area contributed by atoms with Crippen molar-refractivity contribution in [1.29, 1.82) is 0 Å². The van der Waals surface area contributed by atoms with Gasteiger partial charge in [0.15, 0.2) is 11.4 Å². The van der Waals surface area contributed by atoms with Crippen LogP contribution >= 0.6 is 0 Å². The van der Waals surface area contributed by atoms with Crippen LogP contribution in [0.2, 0.25) is 0 Å². The smallest absolute Gasteiger partial charge is 0.277 e. The van der Waals surface area contributed by atoms with E-state index < -0.39 is 29.3 Å². The summed E-state index contributed by atoms with van der Waals surface area (Å²) in [5, 5.41) is 12.3. The monoisotopic (exact) mass is 467 g/mol.